The first-order chi connectivity index (χ1) is 9.72. The smallest absolute Gasteiger partial charge is 0.227 e. The third-order valence-corrected chi connectivity index (χ3v) is 4.24. The van der Waals surface area contributed by atoms with Crippen LogP contribution in [0.15, 0.2) is 42.5 Å². The summed E-state index contributed by atoms with van der Waals surface area (Å²) in [5.41, 5.74) is 1.07. The van der Waals surface area contributed by atoms with E-state index >= 15 is 0 Å². The van der Waals surface area contributed by atoms with Gasteiger partial charge in [-0.1, -0.05) is 42.5 Å². The summed E-state index contributed by atoms with van der Waals surface area (Å²) in [5.74, 6) is 0.186. The Labute approximate surface area is 124 Å². The van der Waals surface area contributed by atoms with E-state index in [2.05, 4.69) is 24.3 Å². The molecule has 104 valence electrons. The summed E-state index contributed by atoms with van der Waals surface area (Å²) in [4.78, 5) is 14.2. The van der Waals surface area contributed by atoms with Gasteiger partial charge in [0.1, 0.15) is 0 Å². The Morgan fingerprint density at radius 1 is 1.20 bits per heavy atom. The van der Waals surface area contributed by atoms with E-state index < -0.39 is 0 Å². The van der Waals surface area contributed by atoms with Crippen molar-refractivity contribution in [2.75, 3.05) is 13.1 Å². The molecule has 1 atom stereocenters. The number of carbonyl (C=O) groups excluding carboxylic acids is 1. The number of hydrogen-bond acceptors (Lipinski definition) is 1. The van der Waals surface area contributed by atoms with Gasteiger partial charge < -0.3 is 4.90 Å². The maximum atomic E-state index is 12.3. The molecule has 1 aliphatic rings. The van der Waals surface area contributed by atoms with Crippen LogP contribution in [-0.2, 0) is 11.2 Å². The number of alkyl halides is 1. The summed E-state index contributed by atoms with van der Waals surface area (Å²) >= 11 is 6.14. The molecule has 0 N–H and O–H groups in total. The Morgan fingerprint density at radius 2 is 2.00 bits per heavy atom. The summed E-state index contributed by atoms with van der Waals surface area (Å²) in [6, 6.07) is 14.5. The van der Waals surface area contributed by atoms with E-state index in [9.17, 15) is 4.79 Å². The van der Waals surface area contributed by atoms with Gasteiger partial charge in [-0.15, -0.1) is 11.6 Å². The standard InChI is InChI=1S/C17H18ClNO/c18-16-6-3-9-19(12-16)17(20)11-13-7-8-14-4-1-2-5-15(14)10-13/h1-2,4-5,7-8,10,16H,3,6,9,11-12H2. The average molecular weight is 288 g/mol. The van der Waals surface area contributed by atoms with Gasteiger partial charge >= 0.3 is 0 Å². The molecule has 1 saturated heterocycles. The number of likely N-dealkylation sites (tertiary alicyclic amines) is 1. The number of carbonyl (C=O) groups is 1. The van der Waals surface area contributed by atoms with E-state index in [0.717, 1.165) is 24.9 Å². The van der Waals surface area contributed by atoms with Crippen LogP contribution in [0, 0.1) is 0 Å². The zero-order valence-electron chi connectivity index (χ0n) is 11.4. The van der Waals surface area contributed by atoms with Crippen LogP contribution in [0.25, 0.3) is 10.8 Å². The summed E-state index contributed by atoms with van der Waals surface area (Å²) in [5, 5.41) is 2.51. The van der Waals surface area contributed by atoms with Gasteiger partial charge in [0.2, 0.25) is 5.91 Å². The number of amides is 1. The van der Waals surface area contributed by atoms with Gasteiger partial charge in [-0.3, -0.25) is 4.79 Å². The first-order valence-corrected chi connectivity index (χ1v) is 7.55. The molecule has 0 aliphatic carbocycles. The molecule has 1 heterocycles. The van der Waals surface area contributed by atoms with E-state index in [-0.39, 0.29) is 11.3 Å². The van der Waals surface area contributed by atoms with Crippen molar-refractivity contribution in [3.63, 3.8) is 0 Å². The Morgan fingerprint density at radius 3 is 2.80 bits per heavy atom. The number of nitrogens with zero attached hydrogens (tertiary/aromatic N) is 1. The van der Waals surface area contributed by atoms with Gasteiger partial charge in [0.15, 0.2) is 0 Å². The van der Waals surface area contributed by atoms with Crippen molar-refractivity contribution in [2.45, 2.75) is 24.6 Å². The van der Waals surface area contributed by atoms with Crippen LogP contribution in [0.5, 0.6) is 0 Å². The lowest BCUT2D eigenvalue weighted by Crippen LogP contribution is -2.41. The first kappa shape index (κ1) is 13.4. The lowest BCUT2D eigenvalue weighted by Gasteiger charge is -2.29. The monoisotopic (exact) mass is 287 g/mol. The van der Waals surface area contributed by atoms with Crippen molar-refractivity contribution < 1.29 is 4.79 Å². The number of fused-ring (bicyclic) bond motifs is 1. The molecule has 3 rings (SSSR count). The van der Waals surface area contributed by atoms with Crippen LogP contribution >= 0.6 is 11.6 Å². The second-order valence-electron chi connectivity index (χ2n) is 5.44. The molecule has 2 nitrogen and oxygen atoms in total. The summed E-state index contributed by atoms with van der Waals surface area (Å²) in [6.45, 7) is 1.53. The Kier molecular flexibility index (Phi) is 3.93. The van der Waals surface area contributed by atoms with Crippen LogP contribution in [0.4, 0.5) is 0 Å². The van der Waals surface area contributed by atoms with Crippen LogP contribution in [0.2, 0.25) is 0 Å². The second kappa shape index (κ2) is 5.84. The molecule has 0 spiro atoms. The lowest BCUT2D eigenvalue weighted by molar-refractivity contribution is -0.131. The van der Waals surface area contributed by atoms with E-state index in [1.165, 1.54) is 10.8 Å². The first-order valence-electron chi connectivity index (χ1n) is 7.12. The minimum absolute atomic E-state index is 0.115. The van der Waals surface area contributed by atoms with Crippen molar-refractivity contribution in [3.05, 3.63) is 48.0 Å². The molecule has 0 radical (unpaired) electrons. The van der Waals surface area contributed by atoms with Gasteiger partial charge in [-0.2, -0.15) is 0 Å². The zero-order chi connectivity index (χ0) is 13.9. The highest BCUT2D eigenvalue weighted by Gasteiger charge is 2.22. The molecule has 0 aromatic heterocycles. The fourth-order valence-electron chi connectivity index (χ4n) is 2.79. The number of benzene rings is 2. The van der Waals surface area contributed by atoms with Crippen molar-refractivity contribution in [1.29, 1.82) is 0 Å². The molecule has 0 saturated carbocycles. The predicted molar refractivity (Wildman–Crippen MR) is 83.1 cm³/mol. The largest absolute Gasteiger partial charge is 0.341 e. The number of hydrogen-bond donors (Lipinski definition) is 0. The highest BCUT2D eigenvalue weighted by atomic mass is 35.5. The zero-order valence-corrected chi connectivity index (χ0v) is 12.1. The molecular weight excluding hydrogens is 270 g/mol. The van der Waals surface area contributed by atoms with E-state index in [0.29, 0.717) is 13.0 Å². The molecule has 3 heteroatoms. The van der Waals surface area contributed by atoms with E-state index in [1.807, 2.05) is 23.1 Å². The molecule has 1 unspecified atom stereocenters. The Hall–Kier alpha value is -1.54. The van der Waals surface area contributed by atoms with E-state index in [4.69, 9.17) is 11.6 Å². The van der Waals surface area contributed by atoms with Crippen molar-refractivity contribution in [1.82, 2.24) is 4.90 Å². The van der Waals surface area contributed by atoms with Gasteiger partial charge in [0, 0.05) is 13.1 Å². The Bertz CT molecular complexity index is 625. The molecule has 1 amide bonds. The predicted octanol–water partition coefficient (Wildman–Crippen LogP) is 3.61. The van der Waals surface area contributed by atoms with Gasteiger partial charge in [-0.05, 0) is 29.2 Å². The summed E-state index contributed by atoms with van der Waals surface area (Å²) in [6.07, 6.45) is 2.49. The maximum Gasteiger partial charge on any atom is 0.227 e. The minimum Gasteiger partial charge on any atom is -0.341 e. The third kappa shape index (κ3) is 2.96. The summed E-state index contributed by atoms with van der Waals surface area (Å²) < 4.78 is 0. The Balaban J connectivity index is 1.73. The quantitative estimate of drug-likeness (QED) is 0.773. The van der Waals surface area contributed by atoms with Gasteiger partial charge in [0.25, 0.3) is 0 Å². The normalized spacial score (nSPS) is 19.2. The molecule has 20 heavy (non-hydrogen) atoms. The molecule has 2 aromatic rings. The number of halogens is 1. The molecule has 1 fully saturated rings. The molecule has 2 aromatic carbocycles. The maximum absolute atomic E-state index is 12.3. The molecule has 0 bridgehead atoms. The van der Waals surface area contributed by atoms with Crippen molar-refractivity contribution >= 4 is 28.3 Å². The van der Waals surface area contributed by atoms with E-state index in [1.54, 1.807) is 0 Å². The number of piperidine rings is 1. The van der Waals surface area contributed by atoms with Gasteiger partial charge in [-0.25, -0.2) is 0 Å². The third-order valence-electron chi connectivity index (χ3n) is 3.89. The molecule has 1 aliphatic heterocycles. The fourth-order valence-corrected chi connectivity index (χ4v) is 3.11. The lowest BCUT2D eigenvalue weighted by atomic mass is 10.0. The van der Waals surface area contributed by atoms with Crippen molar-refractivity contribution in [3.8, 4) is 0 Å². The highest BCUT2D eigenvalue weighted by molar-refractivity contribution is 6.20. The summed E-state index contributed by atoms with van der Waals surface area (Å²) in [7, 11) is 0. The minimum atomic E-state index is 0.115. The van der Waals surface area contributed by atoms with Crippen LogP contribution < -0.4 is 0 Å². The van der Waals surface area contributed by atoms with Gasteiger partial charge in [0.05, 0.1) is 11.8 Å². The molecular formula is C17H18ClNO. The second-order valence-corrected chi connectivity index (χ2v) is 6.05. The van der Waals surface area contributed by atoms with Crippen LogP contribution in [0.3, 0.4) is 0 Å². The van der Waals surface area contributed by atoms with Crippen LogP contribution in [0.1, 0.15) is 18.4 Å². The fraction of sp³-hybridized carbons (Fsp3) is 0.353. The average Bonchev–Trinajstić information content (AvgIpc) is 2.47. The topological polar surface area (TPSA) is 20.3 Å². The van der Waals surface area contributed by atoms with Crippen LogP contribution in [-0.4, -0.2) is 29.3 Å². The van der Waals surface area contributed by atoms with Crippen molar-refractivity contribution in [2.24, 2.45) is 0 Å². The highest BCUT2D eigenvalue weighted by Crippen LogP contribution is 2.19. The SMILES string of the molecule is O=C(Cc1ccc2ccccc2c1)N1CCCC(Cl)C1. The number of rotatable bonds is 2.